The van der Waals surface area contributed by atoms with Gasteiger partial charge in [-0.2, -0.15) is 5.10 Å². The molecular weight excluding hydrogens is 316 g/mol. The van der Waals surface area contributed by atoms with Crippen LogP contribution in [-0.2, 0) is 0 Å². The van der Waals surface area contributed by atoms with Gasteiger partial charge >= 0.3 is 0 Å². The fraction of sp³-hybridized carbons (Fsp3) is 0.556. The zero-order chi connectivity index (χ0) is 18.1. The van der Waals surface area contributed by atoms with Crippen LogP contribution >= 0.6 is 0 Å². The Bertz CT molecular complexity index is 762. The van der Waals surface area contributed by atoms with Gasteiger partial charge in [0.25, 0.3) is 11.9 Å². The molecule has 134 valence electrons. The van der Waals surface area contributed by atoms with Crippen molar-refractivity contribution in [1.82, 2.24) is 30.0 Å². The van der Waals surface area contributed by atoms with Gasteiger partial charge in [0.2, 0.25) is 0 Å². The van der Waals surface area contributed by atoms with E-state index in [-0.39, 0.29) is 11.8 Å². The minimum absolute atomic E-state index is 0.0349. The van der Waals surface area contributed by atoms with Gasteiger partial charge in [-0.15, -0.1) is 0 Å². The minimum atomic E-state index is 0.0349. The lowest BCUT2D eigenvalue weighted by Crippen LogP contribution is -2.51. The van der Waals surface area contributed by atoms with E-state index in [2.05, 4.69) is 27.3 Å². The molecule has 3 rings (SSSR count). The Morgan fingerprint density at radius 3 is 2.56 bits per heavy atom. The molecule has 1 aliphatic heterocycles. The van der Waals surface area contributed by atoms with E-state index in [4.69, 9.17) is 0 Å². The Kier molecular flexibility index (Phi) is 4.85. The third-order valence-electron chi connectivity index (χ3n) is 4.35. The van der Waals surface area contributed by atoms with Crippen LogP contribution in [0, 0.1) is 13.8 Å². The number of hydrogen-bond acceptors (Lipinski definition) is 5. The van der Waals surface area contributed by atoms with Crippen molar-refractivity contribution in [2.24, 2.45) is 0 Å². The van der Waals surface area contributed by atoms with E-state index in [1.165, 1.54) is 0 Å². The number of piperazine rings is 1. The van der Waals surface area contributed by atoms with E-state index in [1.807, 2.05) is 38.7 Å². The van der Waals surface area contributed by atoms with Gasteiger partial charge in [0.05, 0.1) is 11.3 Å². The zero-order valence-corrected chi connectivity index (χ0v) is 15.6. The molecule has 1 amide bonds. The maximum absolute atomic E-state index is 13.1. The van der Waals surface area contributed by atoms with Crippen molar-refractivity contribution in [1.29, 1.82) is 0 Å². The molecule has 1 fully saturated rings. The summed E-state index contributed by atoms with van der Waals surface area (Å²) in [5.74, 6) is 0.686. The lowest BCUT2D eigenvalue weighted by molar-refractivity contribution is 0.0707. The molecule has 0 radical (unpaired) electrons. The monoisotopic (exact) mass is 342 g/mol. The number of carbonyl (C=O) groups excluding carboxylic acids is 1. The quantitative estimate of drug-likeness (QED) is 0.921. The standard InChI is InChI=1S/C18H26N6O/c1-11(2)16-15(17(25)23-7-6-19-14(5)9-23)10-24(22-16)18-20-12(3)8-13(4)21-18/h8,10-11,14,19H,6-7,9H2,1-5H3. The van der Waals surface area contributed by atoms with E-state index >= 15 is 0 Å². The summed E-state index contributed by atoms with van der Waals surface area (Å²) < 4.78 is 1.63. The number of carbonyl (C=O) groups is 1. The molecule has 0 aromatic carbocycles. The molecule has 1 saturated heterocycles. The summed E-state index contributed by atoms with van der Waals surface area (Å²) >= 11 is 0. The first-order valence-corrected chi connectivity index (χ1v) is 8.80. The highest BCUT2D eigenvalue weighted by atomic mass is 16.2. The van der Waals surface area contributed by atoms with Crippen molar-refractivity contribution >= 4 is 5.91 Å². The number of nitrogens with zero attached hydrogens (tertiary/aromatic N) is 5. The van der Waals surface area contributed by atoms with Crippen LogP contribution in [0.2, 0.25) is 0 Å². The molecule has 1 atom stereocenters. The minimum Gasteiger partial charge on any atom is -0.336 e. The van der Waals surface area contributed by atoms with Gasteiger partial charge in [-0.3, -0.25) is 4.79 Å². The summed E-state index contributed by atoms with van der Waals surface area (Å²) in [6, 6.07) is 2.22. The highest BCUT2D eigenvalue weighted by Crippen LogP contribution is 2.21. The molecule has 7 nitrogen and oxygen atoms in total. The van der Waals surface area contributed by atoms with Gasteiger partial charge in [0.15, 0.2) is 0 Å². The van der Waals surface area contributed by atoms with E-state index < -0.39 is 0 Å². The average molecular weight is 342 g/mol. The number of nitrogens with one attached hydrogen (secondary N) is 1. The second-order valence-electron chi connectivity index (χ2n) is 7.08. The lowest BCUT2D eigenvalue weighted by atomic mass is 10.0. The van der Waals surface area contributed by atoms with Crippen molar-refractivity contribution in [3.63, 3.8) is 0 Å². The fourth-order valence-electron chi connectivity index (χ4n) is 3.18. The summed E-state index contributed by atoms with van der Waals surface area (Å²) in [6.07, 6.45) is 1.78. The maximum Gasteiger partial charge on any atom is 0.257 e. The molecule has 1 N–H and O–H groups in total. The van der Waals surface area contributed by atoms with Crippen LogP contribution in [0.3, 0.4) is 0 Å². The summed E-state index contributed by atoms with van der Waals surface area (Å²) in [5.41, 5.74) is 3.20. The van der Waals surface area contributed by atoms with Crippen LogP contribution in [0.25, 0.3) is 5.95 Å². The van der Waals surface area contributed by atoms with Gasteiger partial charge in [-0.25, -0.2) is 14.6 Å². The molecule has 0 aliphatic carbocycles. The van der Waals surface area contributed by atoms with Gasteiger partial charge in [-0.1, -0.05) is 13.8 Å². The van der Waals surface area contributed by atoms with Gasteiger partial charge in [0, 0.05) is 43.3 Å². The molecule has 0 spiro atoms. The first-order chi connectivity index (χ1) is 11.8. The molecular formula is C18H26N6O. The van der Waals surface area contributed by atoms with Crippen LogP contribution in [0.15, 0.2) is 12.3 Å². The van der Waals surface area contributed by atoms with Gasteiger partial charge in [-0.05, 0) is 32.8 Å². The molecule has 2 aromatic rings. The van der Waals surface area contributed by atoms with Crippen molar-refractivity contribution in [2.75, 3.05) is 19.6 Å². The van der Waals surface area contributed by atoms with Crippen LogP contribution < -0.4 is 5.32 Å². The first kappa shape index (κ1) is 17.5. The van der Waals surface area contributed by atoms with E-state index in [1.54, 1.807) is 10.9 Å². The Hall–Kier alpha value is -2.28. The molecule has 7 heteroatoms. The molecule has 0 bridgehead atoms. The van der Waals surface area contributed by atoms with Crippen LogP contribution in [0.5, 0.6) is 0 Å². The molecule has 1 aliphatic rings. The SMILES string of the molecule is Cc1cc(C)nc(-n2cc(C(=O)N3CCNC(C)C3)c(C(C)C)n2)n1. The summed E-state index contributed by atoms with van der Waals surface area (Å²) in [5, 5.41) is 7.99. The number of aromatic nitrogens is 4. The highest BCUT2D eigenvalue weighted by Gasteiger charge is 2.27. The predicted molar refractivity (Wildman–Crippen MR) is 96.1 cm³/mol. The van der Waals surface area contributed by atoms with E-state index in [0.717, 1.165) is 23.6 Å². The number of amides is 1. The van der Waals surface area contributed by atoms with Crippen molar-refractivity contribution in [3.05, 3.63) is 34.9 Å². The maximum atomic E-state index is 13.1. The van der Waals surface area contributed by atoms with E-state index in [0.29, 0.717) is 30.6 Å². The third-order valence-corrected chi connectivity index (χ3v) is 4.35. The van der Waals surface area contributed by atoms with Crippen molar-refractivity contribution in [2.45, 2.75) is 46.6 Å². The largest absolute Gasteiger partial charge is 0.336 e. The van der Waals surface area contributed by atoms with Gasteiger partial charge in [0.1, 0.15) is 0 Å². The number of aryl methyl sites for hydroxylation is 2. The summed E-state index contributed by atoms with van der Waals surface area (Å²) in [4.78, 5) is 23.9. The Labute approximate surface area is 148 Å². The second-order valence-corrected chi connectivity index (χ2v) is 7.08. The van der Waals surface area contributed by atoms with Crippen molar-refractivity contribution < 1.29 is 4.79 Å². The molecule has 3 heterocycles. The number of hydrogen-bond donors (Lipinski definition) is 1. The third kappa shape index (κ3) is 3.71. The van der Waals surface area contributed by atoms with Crippen molar-refractivity contribution in [3.8, 4) is 5.95 Å². The van der Waals surface area contributed by atoms with Crippen LogP contribution in [0.1, 0.15) is 54.1 Å². The Morgan fingerprint density at radius 2 is 1.96 bits per heavy atom. The molecule has 1 unspecified atom stereocenters. The molecule has 2 aromatic heterocycles. The zero-order valence-electron chi connectivity index (χ0n) is 15.6. The normalized spacial score (nSPS) is 18.0. The Morgan fingerprint density at radius 1 is 1.28 bits per heavy atom. The lowest BCUT2D eigenvalue weighted by Gasteiger charge is -2.31. The average Bonchev–Trinajstić information content (AvgIpc) is 2.99. The van der Waals surface area contributed by atoms with Gasteiger partial charge < -0.3 is 10.2 Å². The summed E-state index contributed by atoms with van der Waals surface area (Å²) in [6.45, 7) is 12.3. The highest BCUT2D eigenvalue weighted by molar-refractivity contribution is 5.95. The topological polar surface area (TPSA) is 75.9 Å². The fourth-order valence-corrected chi connectivity index (χ4v) is 3.18. The molecule has 25 heavy (non-hydrogen) atoms. The summed E-state index contributed by atoms with van der Waals surface area (Å²) in [7, 11) is 0. The Balaban J connectivity index is 1.98. The second kappa shape index (κ2) is 6.92. The smallest absolute Gasteiger partial charge is 0.257 e. The molecule has 0 saturated carbocycles. The number of rotatable bonds is 3. The van der Waals surface area contributed by atoms with Crippen LogP contribution in [-0.4, -0.2) is 56.2 Å². The predicted octanol–water partition coefficient (Wildman–Crippen LogP) is 1.84. The van der Waals surface area contributed by atoms with E-state index in [9.17, 15) is 4.79 Å². The first-order valence-electron chi connectivity index (χ1n) is 8.80. The van der Waals surface area contributed by atoms with Crippen LogP contribution in [0.4, 0.5) is 0 Å².